The number of ether oxygens (including phenoxy) is 2. The zero-order valence-corrected chi connectivity index (χ0v) is 15.1. The molecule has 0 saturated carbocycles. The van der Waals surface area contributed by atoms with Crippen molar-refractivity contribution in [2.75, 3.05) is 17.3 Å². The van der Waals surface area contributed by atoms with Crippen LogP contribution in [-0.2, 0) is 9.59 Å². The Labute approximate surface area is 152 Å². The summed E-state index contributed by atoms with van der Waals surface area (Å²) in [5, 5.41) is 2.78. The van der Waals surface area contributed by atoms with Gasteiger partial charge in [-0.25, -0.2) is 0 Å². The average Bonchev–Trinajstić information content (AvgIpc) is 2.61. The number of carbonyl (C=O) groups excluding carboxylic acids is 2. The molecule has 0 fully saturated rings. The van der Waals surface area contributed by atoms with Crippen LogP contribution in [0.3, 0.4) is 0 Å². The molecule has 1 N–H and O–H groups in total. The van der Waals surface area contributed by atoms with Gasteiger partial charge in [0.1, 0.15) is 11.5 Å². The lowest BCUT2D eigenvalue weighted by Gasteiger charge is -2.31. The molecule has 26 heavy (non-hydrogen) atoms. The maximum atomic E-state index is 12.4. The third-order valence-corrected chi connectivity index (χ3v) is 3.98. The smallest absolute Gasteiger partial charge is 0.268 e. The number of carbonyl (C=O) groups is 2. The van der Waals surface area contributed by atoms with Gasteiger partial charge in [0, 0.05) is 12.7 Å². The van der Waals surface area contributed by atoms with Crippen LogP contribution >= 0.6 is 0 Å². The minimum Gasteiger partial charge on any atom is -0.491 e. The largest absolute Gasteiger partial charge is 0.491 e. The van der Waals surface area contributed by atoms with Crippen molar-refractivity contribution in [3.8, 4) is 11.5 Å². The Balaban J connectivity index is 1.62. The van der Waals surface area contributed by atoms with Gasteiger partial charge in [-0.2, -0.15) is 0 Å². The monoisotopic (exact) mass is 354 g/mol. The predicted molar refractivity (Wildman–Crippen MR) is 99.7 cm³/mol. The zero-order chi connectivity index (χ0) is 18.7. The summed E-state index contributed by atoms with van der Waals surface area (Å²) in [5.74, 6) is 0.817. The number of hydrogen-bond acceptors (Lipinski definition) is 4. The van der Waals surface area contributed by atoms with Crippen LogP contribution in [0, 0.1) is 0 Å². The van der Waals surface area contributed by atoms with Crippen LogP contribution in [0.1, 0.15) is 20.3 Å². The van der Waals surface area contributed by atoms with Crippen molar-refractivity contribution in [1.29, 1.82) is 0 Å². The molecule has 0 saturated heterocycles. The molecular weight excluding hydrogens is 332 g/mol. The molecule has 2 aromatic rings. The third kappa shape index (κ3) is 3.96. The number of anilines is 2. The molecule has 0 bridgehead atoms. The molecule has 136 valence electrons. The van der Waals surface area contributed by atoms with Gasteiger partial charge in [-0.1, -0.05) is 12.1 Å². The van der Waals surface area contributed by atoms with Crippen LogP contribution in [0.4, 0.5) is 11.4 Å². The third-order valence-electron chi connectivity index (χ3n) is 3.98. The summed E-state index contributed by atoms with van der Waals surface area (Å²) in [7, 11) is 1.68. The van der Waals surface area contributed by atoms with E-state index in [-0.39, 0.29) is 24.3 Å². The van der Waals surface area contributed by atoms with Gasteiger partial charge in [-0.05, 0) is 50.2 Å². The Morgan fingerprint density at radius 2 is 1.88 bits per heavy atom. The highest BCUT2D eigenvalue weighted by Crippen LogP contribution is 2.33. The van der Waals surface area contributed by atoms with Gasteiger partial charge in [0.2, 0.25) is 5.91 Å². The van der Waals surface area contributed by atoms with Crippen molar-refractivity contribution in [3.05, 3.63) is 48.5 Å². The van der Waals surface area contributed by atoms with Crippen LogP contribution in [0.5, 0.6) is 11.5 Å². The molecule has 1 atom stereocenters. The number of fused-ring (bicyclic) bond motifs is 1. The van der Waals surface area contributed by atoms with E-state index >= 15 is 0 Å². The Morgan fingerprint density at radius 1 is 1.19 bits per heavy atom. The summed E-state index contributed by atoms with van der Waals surface area (Å²) in [6, 6.07) is 14.4. The fourth-order valence-electron chi connectivity index (χ4n) is 2.77. The van der Waals surface area contributed by atoms with Gasteiger partial charge in [-0.3, -0.25) is 9.59 Å². The van der Waals surface area contributed by atoms with Crippen molar-refractivity contribution in [1.82, 2.24) is 0 Å². The molecule has 2 amide bonds. The first kappa shape index (κ1) is 17.8. The summed E-state index contributed by atoms with van der Waals surface area (Å²) in [6.07, 6.45) is -0.801. The van der Waals surface area contributed by atoms with E-state index in [4.69, 9.17) is 9.47 Å². The highest BCUT2D eigenvalue weighted by molar-refractivity contribution is 6.03. The molecule has 2 aromatic carbocycles. The second-order valence-electron chi connectivity index (χ2n) is 6.41. The molecule has 0 spiro atoms. The molecule has 1 heterocycles. The number of para-hydroxylation sites is 2. The first-order valence-electron chi connectivity index (χ1n) is 8.54. The average molecular weight is 354 g/mol. The molecule has 0 aromatic heterocycles. The number of nitrogens with zero attached hydrogens (tertiary/aromatic N) is 1. The summed E-state index contributed by atoms with van der Waals surface area (Å²) in [4.78, 5) is 26.3. The number of rotatable bonds is 5. The lowest BCUT2D eigenvalue weighted by molar-refractivity contribution is -0.130. The van der Waals surface area contributed by atoms with Crippen LogP contribution in [0.25, 0.3) is 0 Å². The molecule has 0 radical (unpaired) electrons. The Hall–Kier alpha value is -3.02. The number of amides is 2. The zero-order valence-electron chi connectivity index (χ0n) is 15.1. The molecule has 1 aliphatic rings. The van der Waals surface area contributed by atoms with E-state index in [1.165, 1.54) is 4.90 Å². The Morgan fingerprint density at radius 3 is 2.58 bits per heavy atom. The van der Waals surface area contributed by atoms with Crippen LogP contribution in [0.2, 0.25) is 0 Å². The van der Waals surface area contributed by atoms with E-state index in [9.17, 15) is 9.59 Å². The van der Waals surface area contributed by atoms with E-state index < -0.39 is 6.10 Å². The van der Waals surface area contributed by atoms with Crippen molar-refractivity contribution < 1.29 is 19.1 Å². The van der Waals surface area contributed by atoms with Gasteiger partial charge in [0.15, 0.2) is 6.10 Å². The van der Waals surface area contributed by atoms with E-state index in [0.29, 0.717) is 17.1 Å². The maximum absolute atomic E-state index is 12.4. The van der Waals surface area contributed by atoms with Crippen molar-refractivity contribution in [2.24, 2.45) is 0 Å². The first-order chi connectivity index (χ1) is 12.4. The molecule has 0 aliphatic carbocycles. The Bertz CT molecular complexity index is 802. The summed E-state index contributed by atoms with van der Waals surface area (Å²) < 4.78 is 11.3. The highest BCUT2D eigenvalue weighted by atomic mass is 16.5. The van der Waals surface area contributed by atoms with Crippen LogP contribution < -0.4 is 19.7 Å². The number of likely N-dealkylation sites (N-methyl/N-ethyl adjacent to an activating group) is 1. The fraction of sp³-hybridized carbons (Fsp3) is 0.300. The first-order valence-corrected chi connectivity index (χ1v) is 8.54. The van der Waals surface area contributed by atoms with Gasteiger partial charge in [-0.15, -0.1) is 0 Å². The van der Waals surface area contributed by atoms with E-state index in [1.54, 1.807) is 37.4 Å². The normalized spacial score (nSPS) is 16.1. The van der Waals surface area contributed by atoms with Gasteiger partial charge in [0.25, 0.3) is 5.91 Å². The summed E-state index contributed by atoms with van der Waals surface area (Å²) in [6.45, 7) is 3.90. The lowest BCUT2D eigenvalue weighted by Crippen LogP contribution is -2.45. The minimum atomic E-state index is -0.835. The van der Waals surface area contributed by atoms with E-state index in [2.05, 4.69) is 5.32 Å². The van der Waals surface area contributed by atoms with Crippen molar-refractivity contribution in [3.63, 3.8) is 0 Å². The molecule has 3 rings (SSSR count). The topological polar surface area (TPSA) is 67.9 Å². The van der Waals surface area contributed by atoms with E-state index in [1.807, 2.05) is 32.0 Å². The highest BCUT2D eigenvalue weighted by Gasteiger charge is 2.33. The van der Waals surface area contributed by atoms with Crippen molar-refractivity contribution >= 4 is 23.2 Å². The molecule has 1 aliphatic heterocycles. The maximum Gasteiger partial charge on any atom is 0.268 e. The molecule has 6 heteroatoms. The fourth-order valence-corrected chi connectivity index (χ4v) is 2.77. The minimum absolute atomic E-state index is 0.0538. The Kier molecular flexibility index (Phi) is 5.11. The van der Waals surface area contributed by atoms with Gasteiger partial charge < -0.3 is 19.7 Å². The second-order valence-corrected chi connectivity index (χ2v) is 6.41. The predicted octanol–water partition coefficient (Wildman–Crippen LogP) is 3.23. The summed E-state index contributed by atoms with van der Waals surface area (Å²) >= 11 is 0. The molecule has 1 unspecified atom stereocenters. The van der Waals surface area contributed by atoms with E-state index in [0.717, 1.165) is 5.75 Å². The number of hydrogen-bond donors (Lipinski definition) is 1. The summed E-state index contributed by atoms with van der Waals surface area (Å²) in [5.41, 5.74) is 1.35. The van der Waals surface area contributed by atoms with Crippen LogP contribution in [0.15, 0.2) is 48.5 Å². The standard InChI is InChI=1S/C20H22N2O4/c1-13(2)25-15-10-8-14(9-11-15)21-19(23)12-18-20(24)22(3)16-6-4-5-7-17(16)26-18/h4-11,13,18H,12H2,1-3H3,(H,21,23). The van der Waals surface area contributed by atoms with Crippen LogP contribution in [-0.4, -0.2) is 31.1 Å². The number of benzene rings is 2. The second kappa shape index (κ2) is 7.47. The molecular formula is C20H22N2O4. The van der Waals surface area contributed by atoms with Gasteiger partial charge >= 0.3 is 0 Å². The van der Waals surface area contributed by atoms with Crippen molar-refractivity contribution in [2.45, 2.75) is 32.5 Å². The lowest BCUT2D eigenvalue weighted by atomic mass is 10.1. The SMILES string of the molecule is CC(C)Oc1ccc(NC(=O)CC2Oc3ccccc3N(C)C2=O)cc1. The quantitative estimate of drug-likeness (QED) is 0.895. The number of nitrogens with one attached hydrogen (secondary N) is 1. The molecule has 6 nitrogen and oxygen atoms in total. The van der Waals surface area contributed by atoms with Gasteiger partial charge in [0.05, 0.1) is 18.2 Å².